The predicted molar refractivity (Wildman–Crippen MR) is 147 cm³/mol. The number of alkyl carbamates (subject to hydrolysis) is 1. The Labute approximate surface area is 222 Å². The summed E-state index contributed by atoms with van der Waals surface area (Å²) in [5.41, 5.74) is 2.91. The average Bonchev–Trinajstić information content (AvgIpc) is 2.80. The first kappa shape index (κ1) is 29.9. The van der Waals surface area contributed by atoms with E-state index in [9.17, 15) is 14.4 Å². The zero-order chi connectivity index (χ0) is 27.9. The van der Waals surface area contributed by atoms with Crippen molar-refractivity contribution in [3.8, 4) is 0 Å². The topological polar surface area (TPSA) is 87.7 Å². The van der Waals surface area contributed by atoms with E-state index in [1.54, 1.807) is 25.7 Å². The van der Waals surface area contributed by atoms with Crippen molar-refractivity contribution in [3.05, 3.63) is 70.8 Å². The van der Waals surface area contributed by atoms with Crippen molar-refractivity contribution in [1.29, 1.82) is 0 Å². The second kappa shape index (κ2) is 12.7. The number of carbonyl (C=O) groups excluding carboxylic acids is 3. The summed E-state index contributed by atoms with van der Waals surface area (Å²) < 4.78 is 5.42. The molecule has 202 valence electrons. The summed E-state index contributed by atoms with van der Waals surface area (Å²) in [5.74, 6) is -0.844. The number of aryl methyl sites for hydroxylation is 2. The van der Waals surface area contributed by atoms with Crippen molar-refractivity contribution in [2.24, 2.45) is 5.92 Å². The number of rotatable bonds is 9. The molecular formula is C30H43N3O4. The lowest BCUT2D eigenvalue weighted by Crippen LogP contribution is -2.56. The second-order valence-electron chi connectivity index (χ2n) is 11.2. The van der Waals surface area contributed by atoms with Crippen LogP contribution in [0.1, 0.15) is 76.8 Å². The minimum atomic E-state index is -0.877. The molecule has 37 heavy (non-hydrogen) atoms. The highest BCUT2D eigenvalue weighted by molar-refractivity contribution is 5.92. The van der Waals surface area contributed by atoms with Gasteiger partial charge in [0.15, 0.2) is 0 Å². The minimum absolute atomic E-state index is 0.229. The lowest BCUT2D eigenvalue weighted by molar-refractivity contribution is -0.145. The van der Waals surface area contributed by atoms with E-state index < -0.39 is 23.8 Å². The van der Waals surface area contributed by atoms with Crippen molar-refractivity contribution < 1.29 is 19.1 Å². The van der Waals surface area contributed by atoms with Crippen LogP contribution in [0, 0.1) is 19.8 Å². The minimum Gasteiger partial charge on any atom is -0.444 e. The largest absolute Gasteiger partial charge is 0.444 e. The van der Waals surface area contributed by atoms with Crippen molar-refractivity contribution >= 4 is 17.9 Å². The zero-order valence-corrected chi connectivity index (χ0v) is 23.7. The van der Waals surface area contributed by atoms with Gasteiger partial charge in [-0.15, -0.1) is 0 Å². The molecule has 0 aliphatic rings. The molecule has 0 fully saturated rings. The molecule has 0 heterocycles. The van der Waals surface area contributed by atoms with Gasteiger partial charge in [0, 0.05) is 12.6 Å². The van der Waals surface area contributed by atoms with Crippen LogP contribution < -0.4 is 10.6 Å². The van der Waals surface area contributed by atoms with E-state index in [1.807, 2.05) is 90.1 Å². The van der Waals surface area contributed by atoms with Crippen molar-refractivity contribution in [3.63, 3.8) is 0 Å². The molecular weight excluding hydrogens is 466 g/mol. The molecule has 2 atom stereocenters. The molecule has 2 aromatic carbocycles. The molecule has 2 rings (SSSR count). The smallest absolute Gasteiger partial charge is 0.408 e. The zero-order valence-electron chi connectivity index (χ0n) is 23.7. The maximum Gasteiger partial charge on any atom is 0.408 e. The highest BCUT2D eigenvalue weighted by Crippen LogP contribution is 2.29. The number of amides is 3. The number of benzene rings is 2. The van der Waals surface area contributed by atoms with Crippen molar-refractivity contribution in [1.82, 2.24) is 15.5 Å². The predicted octanol–water partition coefficient (Wildman–Crippen LogP) is 5.45. The lowest BCUT2D eigenvalue weighted by atomic mass is 9.94. The second-order valence-corrected chi connectivity index (χ2v) is 11.2. The van der Waals surface area contributed by atoms with Gasteiger partial charge in [0.1, 0.15) is 17.7 Å². The molecule has 3 amide bonds. The van der Waals surface area contributed by atoms with Gasteiger partial charge in [-0.3, -0.25) is 9.59 Å². The highest BCUT2D eigenvalue weighted by atomic mass is 16.6. The Hall–Kier alpha value is -3.35. The summed E-state index contributed by atoms with van der Waals surface area (Å²) in [4.78, 5) is 42.1. The van der Waals surface area contributed by atoms with Crippen LogP contribution in [0.5, 0.6) is 0 Å². The third-order valence-electron chi connectivity index (χ3n) is 5.98. The molecule has 7 nitrogen and oxygen atoms in total. The van der Waals surface area contributed by atoms with Crippen LogP contribution in [0.2, 0.25) is 0 Å². The molecule has 0 radical (unpaired) electrons. The molecule has 2 aromatic rings. The fourth-order valence-electron chi connectivity index (χ4n) is 4.14. The summed E-state index contributed by atoms with van der Waals surface area (Å²) in [5, 5.41) is 5.78. The van der Waals surface area contributed by atoms with Crippen LogP contribution in [-0.4, -0.2) is 40.5 Å². The molecule has 0 aliphatic heterocycles. The number of ether oxygens (including phenoxy) is 1. The van der Waals surface area contributed by atoms with Gasteiger partial charge in [-0.2, -0.15) is 0 Å². The molecule has 2 N–H and O–H groups in total. The molecule has 0 aromatic heterocycles. The highest BCUT2D eigenvalue weighted by Gasteiger charge is 2.39. The van der Waals surface area contributed by atoms with Crippen molar-refractivity contribution in [2.75, 3.05) is 0 Å². The van der Waals surface area contributed by atoms with Crippen LogP contribution in [-0.2, 0) is 20.9 Å². The molecule has 0 saturated heterocycles. The normalized spacial score (nSPS) is 13.2. The van der Waals surface area contributed by atoms with E-state index in [2.05, 4.69) is 10.6 Å². The summed E-state index contributed by atoms with van der Waals surface area (Å²) in [6, 6.07) is 13.5. The Morgan fingerprint density at radius 3 is 2.11 bits per heavy atom. The lowest BCUT2D eigenvalue weighted by Gasteiger charge is -2.38. The number of hydrogen-bond donors (Lipinski definition) is 2. The molecule has 0 saturated carbocycles. The van der Waals surface area contributed by atoms with Gasteiger partial charge in [-0.1, -0.05) is 67.9 Å². The summed E-state index contributed by atoms with van der Waals surface area (Å²) in [6.07, 6.45) is -0.667. The van der Waals surface area contributed by atoms with E-state index in [0.717, 1.165) is 22.3 Å². The number of hydrogen-bond acceptors (Lipinski definition) is 4. The fraction of sp³-hybridized carbons (Fsp3) is 0.500. The van der Waals surface area contributed by atoms with Gasteiger partial charge in [0.05, 0.1) is 0 Å². The fourth-order valence-corrected chi connectivity index (χ4v) is 4.14. The van der Waals surface area contributed by atoms with Gasteiger partial charge in [0.2, 0.25) is 11.8 Å². The number of nitrogens with one attached hydrogen (secondary N) is 2. The van der Waals surface area contributed by atoms with E-state index >= 15 is 0 Å². The van der Waals surface area contributed by atoms with Gasteiger partial charge in [-0.05, 0) is 71.1 Å². The first-order valence-electron chi connectivity index (χ1n) is 12.9. The first-order chi connectivity index (χ1) is 17.2. The van der Waals surface area contributed by atoms with Crippen LogP contribution in [0.25, 0.3) is 0 Å². The third kappa shape index (κ3) is 8.62. The van der Waals surface area contributed by atoms with Crippen LogP contribution in [0.4, 0.5) is 4.79 Å². The van der Waals surface area contributed by atoms with Crippen molar-refractivity contribution in [2.45, 2.75) is 92.6 Å². The van der Waals surface area contributed by atoms with E-state index in [1.165, 1.54) is 0 Å². The Kier molecular flexibility index (Phi) is 10.3. The quantitative estimate of drug-likeness (QED) is 0.471. The summed E-state index contributed by atoms with van der Waals surface area (Å²) in [7, 11) is 0. The summed E-state index contributed by atoms with van der Waals surface area (Å²) in [6.45, 7) is 17.0. The first-order valence-corrected chi connectivity index (χ1v) is 12.9. The standard InChI is InChI=1S/C30H43N3O4/c1-19(2)25(32-29(36)37-30(7,8)9)28(35)33(20(3)4)26(24-17-21(5)15-16-22(24)6)27(34)31-18-23-13-11-10-12-14-23/h10-17,19-20,25-26H,18H2,1-9H3,(H,31,34)(H,32,36). The van der Waals surface area contributed by atoms with E-state index in [-0.39, 0.29) is 23.8 Å². The molecule has 7 heteroatoms. The van der Waals surface area contributed by atoms with Gasteiger partial charge in [-0.25, -0.2) is 4.79 Å². The Balaban J connectivity index is 2.49. The maximum absolute atomic E-state index is 14.1. The SMILES string of the molecule is Cc1ccc(C)c(C(C(=O)NCc2ccccc2)N(C(=O)C(NC(=O)OC(C)(C)C)C(C)C)C(C)C)c1. The number of carbonyl (C=O) groups is 3. The molecule has 0 bridgehead atoms. The molecule has 0 spiro atoms. The number of nitrogens with zero attached hydrogens (tertiary/aromatic N) is 1. The van der Waals surface area contributed by atoms with Crippen LogP contribution >= 0.6 is 0 Å². The van der Waals surface area contributed by atoms with E-state index in [0.29, 0.717) is 6.54 Å². The monoisotopic (exact) mass is 509 g/mol. The molecule has 2 unspecified atom stereocenters. The Morgan fingerprint density at radius 2 is 1.57 bits per heavy atom. The van der Waals surface area contributed by atoms with Gasteiger partial charge in [0.25, 0.3) is 0 Å². The van der Waals surface area contributed by atoms with E-state index in [4.69, 9.17) is 4.74 Å². The summed E-state index contributed by atoms with van der Waals surface area (Å²) >= 11 is 0. The molecule has 0 aliphatic carbocycles. The average molecular weight is 510 g/mol. The van der Waals surface area contributed by atoms with Gasteiger partial charge >= 0.3 is 6.09 Å². The third-order valence-corrected chi connectivity index (χ3v) is 5.98. The Bertz CT molecular complexity index is 1070. The van der Waals surface area contributed by atoms with Gasteiger partial charge < -0.3 is 20.3 Å². The van der Waals surface area contributed by atoms with Crippen LogP contribution in [0.15, 0.2) is 48.5 Å². The maximum atomic E-state index is 14.1. The van der Waals surface area contributed by atoms with Crippen LogP contribution in [0.3, 0.4) is 0 Å². The Morgan fingerprint density at radius 1 is 0.946 bits per heavy atom.